The molecule has 1 rings (SSSR count). The molecule has 1 aromatic carbocycles. The Balaban J connectivity index is 0.00000121. The zero-order valence-electron chi connectivity index (χ0n) is 7.85. The third-order valence-corrected chi connectivity index (χ3v) is 2.04. The Morgan fingerprint density at radius 3 is 1.83 bits per heavy atom. The maximum absolute atomic E-state index is 5.60. The summed E-state index contributed by atoms with van der Waals surface area (Å²) >= 11 is 0. The molecule has 0 amide bonds. The van der Waals surface area contributed by atoms with Crippen LogP contribution in [0.15, 0.2) is 12.1 Å². The molecular weight excluding hydrogens is 170 g/mol. The molecule has 0 saturated heterocycles. The monoisotopic (exact) mass is 185 g/mol. The lowest BCUT2D eigenvalue weighted by molar-refractivity contribution is 1.02. The van der Waals surface area contributed by atoms with Crippen LogP contribution >= 0.6 is 12.4 Å². The van der Waals surface area contributed by atoms with Crippen molar-refractivity contribution in [2.24, 2.45) is 5.73 Å². The highest BCUT2D eigenvalue weighted by atomic mass is 35.5. The molecule has 0 bridgehead atoms. The zero-order valence-corrected chi connectivity index (χ0v) is 8.66. The molecule has 1 nitrogen and oxygen atoms in total. The minimum Gasteiger partial charge on any atom is -0.326 e. The van der Waals surface area contributed by atoms with Crippen molar-refractivity contribution in [2.45, 2.75) is 27.3 Å². The SMILES string of the molecule is Cc1cc(C)c(CN)c(C)c1.Cl. The van der Waals surface area contributed by atoms with Gasteiger partial charge in [-0.15, -0.1) is 12.4 Å². The zero-order chi connectivity index (χ0) is 8.43. The van der Waals surface area contributed by atoms with Gasteiger partial charge in [-0.05, 0) is 37.5 Å². The summed E-state index contributed by atoms with van der Waals surface area (Å²) in [5.41, 5.74) is 10.8. The van der Waals surface area contributed by atoms with Gasteiger partial charge in [-0.2, -0.15) is 0 Å². The number of aryl methyl sites for hydroxylation is 3. The van der Waals surface area contributed by atoms with Gasteiger partial charge in [0.05, 0.1) is 0 Å². The van der Waals surface area contributed by atoms with E-state index in [4.69, 9.17) is 5.73 Å². The van der Waals surface area contributed by atoms with Gasteiger partial charge in [-0.25, -0.2) is 0 Å². The Kier molecular flexibility index (Phi) is 4.29. The van der Waals surface area contributed by atoms with Crippen molar-refractivity contribution in [2.75, 3.05) is 0 Å². The van der Waals surface area contributed by atoms with Crippen LogP contribution in [0.5, 0.6) is 0 Å². The predicted molar refractivity (Wildman–Crippen MR) is 55.8 cm³/mol. The van der Waals surface area contributed by atoms with Crippen molar-refractivity contribution in [1.29, 1.82) is 0 Å². The average Bonchev–Trinajstić information content (AvgIpc) is 1.85. The van der Waals surface area contributed by atoms with Crippen LogP contribution in [0, 0.1) is 20.8 Å². The van der Waals surface area contributed by atoms with Gasteiger partial charge in [0.2, 0.25) is 0 Å². The van der Waals surface area contributed by atoms with Crippen LogP contribution < -0.4 is 5.73 Å². The fourth-order valence-electron chi connectivity index (χ4n) is 1.53. The first-order chi connectivity index (χ1) is 5.15. The molecule has 0 spiro atoms. The van der Waals surface area contributed by atoms with E-state index in [0.29, 0.717) is 6.54 Å². The number of nitrogens with two attached hydrogens (primary N) is 1. The molecule has 0 radical (unpaired) electrons. The van der Waals surface area contributed by atoms with Crippen molar-refractivity contribution in [3.05, 3.63) is 34.4 Å². The molecule has 0 unspecified atom stereocenters. The Hall–Kier alpha value is -0.530. The quantitative estimate of drug-likeness (QED) is 0.715. The standard InChI is InChI=1S/C10H15N.ClH/c1-7-4-8(2)10(6-11)9(3)5-7;/h4-5H,6,11H2,1-3H3;1H. The maximum atomic E-state index is 5.60. The first-order valence-corrected chi connectivity index (χ1v) is 3.92. The smallest absolute Gasteiger partial charge is 0.0183 e. The topological polar surface area (TPSA) is 26.0 Å². The van der Waals surface area contributed by atoms with E-state index in [1.807, 2.05) is 0 Å². The summed E-state index contributed by atoms with van der Waals surface area (Å²) in [5.74, 6) is 0. The van der Waals surface area contributed by atoms with Gasteiger partial charge in [-0.3, -0.25) is 0 Å². The van der Waals surface area contributed by atoms with Crippen LogP contribution in [0.2, 0.25) is 0 Å². The third-order valence-electron chi connectivity index (χ3n) is 2.04. The molecule has 0 heterocycles. The lowest BCUT2D eigenvalue weighted by atomic mass is 10.0. The van der Waals surface area contributed by atoms with Crippen molar-refractivity contribution in [1.82, 2.24) is 0 Å². The van der Waals surface area contributed by atoms with E-state index < -0.39 is 0 Å². The molecular formula is C10H16ClN. The minimum absolute atomic E-state index is 0. The van der Waals surface area contributed by atoms with E-state index in [0.717, 1.165) is 0 Å². The molecule has 12 heavy (non-hydrogen) atoms. The lowest BCUT2D eigenvalue weighted by Crippen LogP contribution is -2.02. The molecule has 0 fully saturated rings. The van der Waals surface area contributed by atoms with Crippen LogP contribution in [0.3, 0.4) is 0 Å². The number of hydrogen-bond donors (Lipinski definition) is 1. The van der Waals surface area contributed by atoms with E-state index in [1.165, 1.54) is 22.3 Å². The maximum Gasteiger partial charge on any atom is 0.0183 e. The highest BCUT2D eigenvalue weighted by Crippen LogP contribution is 2.14. The van der Waals surface area contributed by atoms with Crippen LogP contribution in [0.25, 0.3) is 0 Å². The summed E-state index contributed by atoms with van der Waals surface area (Å²) in [5, 5.41) is 0. The van der Waals surface area contributed by atoms with Crippen molar-refractivity contribution in [3.63, 3.8) is 0 Å². The highest BCUT2D eigenvalue weighted by Gasteiger charge is 1.99. The second kappa shape index (κ2) is 4.48. The van der Waals surface area contributed by atoms with E-state index in [9.17, 15) is 0 Å². The number of hydrogen-bond acceptors (Lipinski definition) is 1. The molecule has 0 aliphatic carbocycles. The van der Waals surface area contributed by atoms with Gasteiger partial charge < -0.3 is 5.73 Å². The van der Waals surface area contributed by atoms with Crippen LogP contribution in [0.1, 0.15) is 22.3 Å². The number of rotatable bonds is 1. The summed E-state index contributed by atoms with van der Waals surface area (Å²) in [4.78, 5) is 0. The van der Waals surface area contributed by atoms with Gasteiger partial charge in [0.15, 0.2) is 0 Å². The molecule has 0 aromatic heterocycles. The van der Waals surface area contributed by atoms with E-state index >= 15 is 0 Å². The molecule has 2 N–H and O–H groups in total. The van der Waals surface area contributed by atoms with Gasteiger partial charge >= 0.3 is 0 Å². The fraction of sp³-hybridized carbons (Fsp3) is 0.400. The molecule has 0 saturated carbocycles. The Morgan fingerprint density at radius 1 is 1.08 bits per heavy atom. The third kappa shape index (κ3) is 2.23. The Morgan fingerprint density at radius 2 is 1.50 bits per heavy atom. The summed E-state index contributed by atoms with van der Waals surface area (Å²) in [7, 11) is 0. The number of benzene rings is 1. The summed E-state index contributed by atoms with van der Waals surface area (Å²) in [6, 6.07) is 4.35. The van der Waals surface area contributed by atoms with Gasteiger partial charge in [0, 0.05) is 6.54 Å². The van der Waals surface area contributed by atoms with Crippen molar-refractivity contribution < 1.29 is 0 Å². The largest absolute Gasteiger partial charge is 0.326 e. The Labute approximate surface area is 80.4 Å². The summed E-state index contributed by atoms with van der Waals surface area (Å²) in [6.07, 6.45) is 0. The summed E-state index contributed by atoms with van der Waals surface area (Å²) < 4.78 is 0. The minimum atomic E-state index is 0. The first-order valence-electron chi connectivity index (χ1n) is 3.92. The van der Waals surface area contributed by atoms with E-state index in [1.54, 1.807) is 0 Å². The van der Waals surface area contributed by atoms with E-state index in [-0.39, 0.29) is 12.4 Å². The Bertz CT molecular complexity index is 246. The molecule has 2 heteroatoms. The van der Waals surface area contributed by atoms with Gasteiger partial charge in [-0.1, -0.05) is 17.7 Å². The molecule has 68 valence electrons. The molecule has 0 aliphatic heterocycles. The average molecular weight is 186 g/mol. The van der Waals surface area contributed by atoms with Gasteiger partial charge in [0.25, 0.3) is 0 Å². The second-order valence-corrected chi connectivity index (χ2v) is 3.08. The highest BCUT2D eigenvalue weighted by molar-refractivity contribution is 5.85. The first kappa shape index (κ1) is 11.5. The molecule has 0 atom stereocenters. The molecule has 0 aliphatic rings. The van der Waals surface area contributed by atoms with E-state index in [2.05, 4.69) is 32.9 Å². The van der Waals surface area contributed by atoms with Crippen molar-refractivity contribution >= 4 is 12.4 Å². The van der Waals surface area contributed by atoms with Crippen LogP contribution in [-0.4, -0.2) is 0 Å². The lowest BCUT2D eigenvalue weighted by Gasteiger charge is -2.07. The van der Waals surface area contributed by atoms with Crippen LogP contribution in [0.4, 0.5) is 0 Å². The van der Waals surface area contributed by atoms with Crippen molar-refractivity contribution in [3.8, 4) is 0 Å². The van der Waals surface area contributed by atoms with Crippen LogP contribution in [-0.2, 0) is 6.54 Å². The summed E-state index contributed by atoms with van der Waals surface area (Å²) in [6.45, 7) is 6.99. The fourth-order valence-corrected chi connectivity index (χ4v) is 1.53. The molecule has 1 aromatic rings. The normalized spacial score (nSPS) is 9.33. The number of halogens is 1. The van der Waals surface area contributed by atoms with Gasteiger partial charge in [0.1, 0.15) is 0 Å². The predicted octanol–water partition coefficient (Wildman–Crippen LogP) is 2.49. The second-order valence-electron chi connectivity index (χ2n) is 3.08.